The lowest BCUT2D eigenvalue weighted by Gasteiger charge is -2.19. The van der Waals surface area contributed by atoms with Crippen molar-refractivity contribution in [3.05, 3.63) is 42.4 Å². The van der Waals surface area contributed by atoms with Crippen LogP contribution in [0.25, 0.3) is 0 Å². The Kier molecular flexibility index (Phi) is 4.13. The highest BCUT2D eigenvalue weighted by molar-refractivity contribution is 5.04. The van der Waals surface area contributed by atoms with E-state index in [9.17, 15) is 0 Å². The molecule has 0 saturated carbocycles. The van der Waals surface area contributed by atoms with E-state index in [-0.39, 0.29) is 0 Å². The number of rotatable bonds is 5. The summed E-state index contributed by atoms with van der Waals surface area (Å²) in [7, 11) is 0. The third-order valence-electron chi connectivity index (χ3n) is 1.99. The number of hydrogen-bond donors (Lipinski definition) is 1. The SMILES string of the molecule is C=C(N)CN(CC)Cc1ccccn1. The van der Waals surface area contributed by atoms with E-state index >= 15 is 0 Å². The van der Waals surface area contributed by atoms with E-state index < -0.39 is 0 Å². The predicted molar refractivity (Wildman–Crippen MR) is 58.5 cm³/mol. The zero-order valence-electron chi connectivity index (χ0n) is 8.61. The van der Waals surface area contributed by atoms with E-state index in [0.717, 1.165) is 25.3 Å². The number of likely N-dealkylation sites (N-methyl/N-ethyl adjacent to an activating group) is 1. The van der Waals surface area contributed by atoms with Crippen molar-refractivity contribution in [1.82, 2.24) is 9.88 Å². The number of aromatic nitrogens is 1. The van der Waals surface area contributed by atoms with Crippen molar-refractivity contribution in [1.29, 1.82) is 0 Å². The zero-order chi connectivity index (χ0) is 10.4. The summed E-state index contributed by atoms with van der Waals surface area (Å²) in [6.07, 6.45) is 1.81. The maximum atomic E-state index is 5.57. The molecule has 2 N–H and O–H groups in total. The fourth-order valence-corrected chi connectivity index (χ4v) is 1.29. The molecular weight excluding hydrogens is 174 g/mol. The van der Waals surface area contributed by atoms with Gasteiger partial charge in [0.25, 0.3) is 0 Å². The molecule has 14 heavy (non-hydrogen) atoms. The molecule has 0 saturated heterocycles. The molecule has 0 amide bonds. The second-order valence-corrected chi connectivity index (χ2v) is 3.28. The van der Waals surface area contributed by atoms with E-state index in [1.165, 1.54) is 0 Å². The van der Waals surface area contributed by atoms with Gasteiger partial charge in [-0.1, -0.05) is 19.6 Å². The molecule has 1 aromatic heterocycles. The van der Waals surface area contributed by atoms with Crippen LogP contribution < -0.4 is 5.73 Å². The molecule has 0 spiro atoms. The maximum absolute atomic E-state index is 5.57. The van der Waals surface area contributed by atoms with E-state index in [2.05, 4.69) is 23.4 Å². The summed E-state index contributed by atoms with van der Waals surface area (Å²) >= 11 is 0. The lowest BCUT2D eigenvalue weighted by molar-refractivity contribution is 0.300. The van der Waals surface area contributed by atoms with Crippen LogP contribution in [-0.2, 0) is 6.54 Å². The van der Waals surface area contributed by atoms with Gasteiger partial charge in [0.2, 0.25) is 0 Å². The summed E-state index contributed by atoms with van der Waals surface area (Å²) in [6.45, 7) is 8.31. The van der Waals surface area contributed by atoms with Gasteiger partial charge in [-0.25, -0.2) is 0 Å². The zero-order valence-corrected chi connectivity index (χ0v) is 8.61. The van der Waals surface area contributed by atoms with Gasteiger partial charge in [0.05, 0.1) is 5.69 Å². The van der Waals surface area contributed by atoms with Gasteiger partial charge in [0, 0.05) is 25.0 Å². The minimum atomic E-state index is 0.697. The van der Waals surface area contributed by atoms with Gasteiger partial charge in [0.15, 0.2) is 0 Å². The molecule has 76 valence electrons. The van der Waals surface area contributed by atoms with Crippen LogP contribution in [0.1, 0.15) is 12.6 Å². The average molecular weight is 191 g/mol. The van der Waals surface area contributed by atoms with Crippen LogP contribution in [0.2, 0.25) is 0 Å². The fourth-order valence-electron chi connectivity index (χ4n) is 1.29. The molecule has 1 aromatic rings. The lowest BCUT2D eigenvalue weighted by atomic mass is 10.3. The molecule has 0 aliphatic carbocycles. The van der Waals surface area contributed by atoms with Gasteiger partial charge in [-0.15, -0.1) is 0 Å². The van der Waals surface area contributed by atoms with Gasteiger partial charge in [-0.2, -0.15) is 0 Å². The van der Waals surface area contributed by atoms with E-state index in [0.29, 0.717) is 5.70 Å². The Hall–Kier alpha value is -1.35. The summed E-state index contributed by atoms with van der Waals surface area (Å²) in [6, 6.07) is 5.93. The quantitative estimate of drug-likeness (QED) is 0.764. The third-order valence-corrected chi connectivity index (χ3v) is 1.99. The Bertz CT molecular complexity index is 282. The van der Waals surface area contributed by atoms with E-state index in [4.69, 9.17) is 5.73 Å². The Morgan fingerprint density at radius 3 is 2.86 bits per heavy atom. The van der Waals surface area contributed by atoms with Crippen LogP contribution in [0.3, 0.4) is 0 Å². The van der Waals surface area contributed by atoms with Crippen molar-refractivity contribution in [3.63, 3.8) is 0 Å². The molecule has 0 atom stereocenters. The number of pyridine rings is 1. The normalized spacial score (nSPS) is 10.4. The molecule has 0 bridgehead atoms. The van der Waals surface area contributed by atoms with Crippen LogP contribution in [-0.4, -0.2) is 23.0 Å². The van der Waals surface area contributed by atoms with Crippen LogP contribution in [0.4, 0.5) is 0 Å². The van der Waals surface area contributed by atoms with Gasteiger partial charge >= 0.3 is 0 Å². The fraction of sp³-hybridized carbons (Fsp3) is 0.364. The molecule has 3 heteroatoms. The minimum absolute atomic E-state index is 0.697. The first-order valence-electron chi connectivity index (χ1n) is 4.78. The van der Waals surface area contributed by atoms with Crippen molar-refractivity contribution in [2.75, 3.05) is 13.1 Å². The summed E-state index contributed by atoms with van der Waals surface area (Å²) in [5, 5.41) is 0. The summed E-state index contributed by atoms with van der Waals surface area (Å²) in [4.78, 5) is 6.46. The second kappa shape index (κ2) is 5.40. The van der Waals surface area contributed by atoms with Crippen molar-refractivity contribution >= 4 is 0 Å². The Morgan fingerprint density at radius 2 is 2.36 bits per heavy atom. The van der Waals surface area contributed by atoms with E-state index in [1.807, 2.05) is 18.2 Å². The largest absolute Gasteiger partial charge is 0.401 e. The van der Waals surface area contributed by atoms with Gasteiger partial charge < -0.3 is 5.73 Å². The molecule has 0 fully saturated rings. The molecule has 1 rings (SSSR count). The average Bonchev–Trinajstić information content (AvgIpc) is 2.17. The summed E-state index contributed by atoms with van der Waals surface area (Å²) in [5.74, 6) is 0. The molecule has 3 nitrogen and oxygen atoms in total. The minimum Gasteiger partial charge on any atom is -0.401 e. The van der Waals surface area contributed by atoms with Crippen molar-refractivity contribution < 1.29 is 0 Å². The highest BCUT2D eigenvalue weighted by atomic mass is 15.1. The molecular formula is C11H17N3. The molecule has 0 aliphatic rings. The predicted octanol–water partition coefficient (Wildman–Crippen LogP) is 1.38. The molecule has 1 heterocycles. The first-order valence-corrected chi connectivity index (χ1v) is 4.78. The highest BCUT2D eigenvalue weighted by Crippen LogP contribution is 2.01. The standard InChI is InChI=1S/C11H17N3/c1-3-14(8-10(2)12)9-11-6-4-5-7-13-11/h4-7H,2-3,8-9,12H2,1H3. The molecule has 0 radical (unpaired) electrons. The number of nitrogens with zero attached hydrogens (tertiary/aromatic N) is 2. The van der Waals surface area contributed by atoms with Crippen molar-refractivity contribution in [2.24, 2.45) is 5.73 Å². The van der Waals surface area contributed by atoms with Crippen LogP contribution in [0.5, 0.6) is 0 Å². The van der Waals surface area contributed by atoms with Gasteiger partial charge in [-0.3, -0.25) is 9.88 Å². The van der Waals surface area contributed by atoms with E-state index in [1.54, 1.807) is 6.20 Å². The molecule has 0 aliphatic heterocycles. The van der Waals surface area contributed by atoms with Crippen LogP contribution in [0.15, 0.2) is 36.7 Å². The second-order valence-electron chi connectivity index (χ2n) is 3.28. The smallest absolute Gasteiger partial charge is 0.0544 e. The third kappa shape index (κ3) is 3.58. The van der Waals surface area contributed by atoms with Crippen molar-refractivity contribution in [2.45, 2.75) is 13.5 Å². The summed E-state index contributed by atoms with van der Waals surface area (Å²) < 4.78 is 0. The molecule has 0 unspecified atom stereocenters. The monoisotopic (exact) mass is 191 g/mol. The number of nitrogens with two attached hydrogens (primary N) is 1. The summed E-state index contributed by atoms with van der Waals surface area (Å²) in [5.41, 5.74) is 7.33. The number of hydrogen-bond acceptors (Lipinski definition) is 3. The highest BCUT2D eigenvalue weighted by Gasteiger charge is 2.03. The first kappa shape index (κ1) is 10.7. The van der Waals surface area contributed by atoms with Crippen LogP contribution in [0, 0.1) is 0 Å². The Morgan fingerprint density at radius 1 is 1.57 bits per heavy atom. The lowest BCUT2D eigenvalue weighted by Crippen LogP contribution is -2.27. The van der Waals surface area contributed by atoms with Crippen LogP contribution >= 0.6 is 0 Å². The Labute approximate surface area is 85.3 Å². The topological polar surface area (TPSA) is 42.1 Å². The van der Waals surface area contributed by atoms with Crippen molar-refractivity contribution in [3.8, 4) is 0 Å². The van der Waals surface area contributed by atoms with Gasteiger partial charge in [-0.05, 0) is 18.7 Å². The molecule has 0 aromatic carbocycles. The maximum Gasteiger partial charge on any atom is 0.0544 e. The van der Waals surface area contributed by atoms with Gasteiger partial charge in [0.1, 0.15) is 0 Å². The Balaban J connectivity index is 2.53. The first-order chi connectivity index (χ1) is 6.72.